The fourth-order valence-electron chi connectivity index (χ4n) is 3.55. The molecule has 1 heterocycles. The van der Waals surface area contributed by atoms with Gasteiger partial charge in [-0.3, -0.25) is 0 Å². The zero-order valence-corrected chi connectivity index (χ0v) is 12.2. The lowest BCUT2D eigenvalue weighted by atomic mass is 10.0. The Bertz CT molecular complexity index is 516. The number of nitrogens with one attached hydrogen (secondary N) is 1. The number of amides is 2. The van der Waals surface area contributed by atoms with Crippen molar-refractivity contribution in [2.24, 2.45) is 11.8 Å². The first-order valence-corrected chi connectivity index (χ1v) is 7.35. The second kappa shape index (κ2) is 4.93. The van der Waals surface area contributed by atoms with Crippen molar-refractivity contribution in [1.82, 2.24) is 4.90 Å². The third-order valence-corrected chi connectivity index (χ3v) is 4.58. The van der Waals surface area contributed by atoms with Crippen LogP contribution in [0.5, 0.6) is 0 Å². The Morgan fingerprint density at radius 2 is 2.05 bits per heavy atom. The third-order valence-electron chi connectivity index (χ3n) is 4.34. The maximum Gasteiger partial charge on any atom is 0.321 e. The molecule has 1 saturated carbocycles. The predicted octanol–water partition coefficient (Wildman–Crippen LogP) is 2.96. The molecule has 1 aromatic carbocycles. The molecule has 3 rings (SSSR count). The molecule has 0 aromatic heterocycles. The molecule has 1 saturated heterocycles. The maximum absolute atomic E-state index is 12.2. The first kappa shape index (κ1) is 13.7. The van der Waals surface area contributed by atoms with E-state index < -0.39 is 5.60 Å². The summed E-state index contributed by atoms with van der Waals surface area (Å²) in [6.45, 7) is 3.35. The molecule has 1 unspecified atom stereocenters. The van der Waals surface area contributed by atoms with Crippen LogP contribution in [0.25, 0.3) is 0 Å². The molecule has 2 N–H and O–H groups in total. The van der Waals surface area contributed by atoms with E-state index >= 15 is 0 Å². The number of fused-ring (bicyclic) bond motifs is 1. The van der Waals surface area contributed by atoms with Crippen LogP contribution in [0.1, 0.15) is 19.8 Å². The zero-order valence-electron chi connectivity index (χ0n) is 11.5. The van der Waals surface area contributed by atoms with E-state index in [0.717, 1.165) is 25.9 Å². The monoisotopic (exact) mass is 294 g/mol. The summed E-state index contributed by atoms with van der Waals surface area (Å²) < 4.78 is 0. The van der Waals surface area contributed by atoms with E-state index in [1.54, 1.807) is 12.1 Å². The summed E-state index contributed by atoms with van der Waals surface area (Å²) in [6, 6.07) is 7.07. The number of anilines is 1. The fourth-order valence-corrected chi connectivity index (χ4v) is 3.74. The molecule has 1 aliphatic carbocycles. The highest BCUT2D eigenvalue weighted by molar-refractivity contribution is 6.30. The summed E-state index contributed by atoms with van der Waals surface area (Å²) in [5.74, 6) is 0.852. The summed E-state index contributed by atoms with van der Waals surface area (Å²) in [4.78, 5) is 14.1. The van der Waals surface area contributed by atoms with Gasteiger partial charge in [0.05, 0.1) is 5.60 Å². The van der Waals surface area contributed by atoms with Crippen molar-refractivity contribution in [3.63, 3.8) is 0 Å². The number of urea groups is 1. The minimum Gasteiger partial charge on any atom is -0.390 e. The van der Waals surface area contributed by atoms with Crippen LogP contribution < -0.4 is 5.32 Å². The minimum atomic E-state index is -0.551. The Kier molecular flexibility index (Phi) is 3.38. The second-order valence-electron chi connectivity index (χ2n) is 6.27. The predicted molar refractivity (Wildman–Crippen MR) is 78.9 cm³/mol. The van der Waals surface area contributed by atoms with Crippen LogP contribution in [0, 0.1) is 11.8 Å². The zero-order chi connectivity index (χ0) is 14.3. The molecule has 2 amide bonds. The number of hydrogen-bond donors (Lipinski definition) is 2. The number of likely N-dealkylation sites (tertiary alicyclic amines) is 1. The second-order valence-corrected chi connectivity index (χ2v) is 6.71. The lowest BCUT2D eigenvalue weighted by Crippen LogP contribution is -2.35. The summed E-state index contributed by atoms with van der Waals surface area (Å²) in [7, 11) is 0. The van der Waals surface area contributed by atoms with Crippen LogP contribution in [0.2, 0.25) is 5.02 Å². The molecule has 4 nitrogen and oxygen atoms in total. The third kappa shape index (κ3) is 2.76. The molecule has 108 valence electrons. The molecule has 2 aliphatic rings. The van der Waals surface area contributed by atoms with Gasteiger partial charge in [-0.05, 0) is 49.8 Å². The maximum atomic E-state index is 12.2. The Morgan fingerprint density at radius 3 is 2.65 bits per heavy atom. The van der Waals surface area contributed by atoms with Crippen molar-refractivity contribution in [3.8, 4) is 0 Å². The molecule has 1 aromatic rings. The molecular formula is C15H19ClN2O2. The quantitative estimate of drug-likeness (QED) is 0.837. The summed E-state index contributed by atoms with van der Waals surface area (Å²) >= 11 is 5.90. The first-order chi connectivity index (χ1) is 9.43. The molecule has 3 atom stereocenters. The van der Waals surface area contributed by atoms with Gasteiger partial charge in [-0.15, -0.1) is 0 Å². The van der Waals surface area contributed by atoms with Gasteiger partial charge in [0.15, 0.2) is 0 Å². The standard InChI is InChI=1S/C15H19ClN2O2/c1-15(20)6-10-8-18(9-11(10)7-15)14(19)17-13-4-2-3-12(16)5-13/h2-5,10-11,20H,6-9H2,1H3,(H,17,19)/t10-,11+,15?. The van der Waals surface area contributed by atoms with Crippen LogP contribution in [-0.4, -0.2) is 34.7 Å². The van der Waals surface area contributed by atoms with E-state index in [4.69, 9.17) is 11.6 Å². The van der Waals surface area contributed by atoms with Gasteiger partial charge in [0.2, 0.25) is 0 Å². The summed E-state index contributed by atoms with van der Waals surface area (Å²) in [6.07, 6.45) is 1.58. The smallest absolute Gasteiger partial charge is 0.321 e. The normalized spacial score (nSPS) is 32.2. The number of benzene rings is 1. The molecular weight excluding hydrogens is 276 g/mol. The van der Waals surface area contributed by atoms with Crippen molar-refractivity contribution < 1.29 is 9.90 Å². The molecule has 0 spiro atoms. The Hall–Kier alpha value is -1.26. The van der Waals surface area contributed by atoms with Crippen molar-refractivity contribution in [2.75, 3.05) is 18.4 Å². The molecule has 2 fully saturated rings. The lowest BCUT2D eigenvalue weighted by Gasteiger charge is -2.22. The number of rotatable bonds is 1. The highest BCUT2D eigenvalue weighted by Crippen LogP contribution is 2.43. The SMILES string of the molecule is CC1(O)C[C@H]2CN(C(=O)Nc3cccc(Cl)c3)C[C@H]2C1. The van der Waals surface area contributed by atoms with Crippen LogP contribution in [0.15, 0.2) is 24.3 Å². The van der Waals surface area contributed by atoms with Crippen LogP contribution in [-0.2, 0) is 0 Å². The Morgan fingerprint density at radius 1 is 1.40 bits per heavy atom. The summed E-state index contributed by atoms with van der Waals surface area (Å²) in [5, 5.41) is 13.5. The molecule has 5 heteroatoms. The van der Waals surface area contributed by atoms with E-state index in [1.807, 2.05) is 24.0 Å². The van der Waals surface area contributed by atoms with E-state index in [1.165, 1.54) is 0 Å². The average molecular weight is 295 g/mol. The number of aliphatic hydroxyl groups is 1. The average Bonchev–Trinajstić information content (AvgIpc) is 2.82. The minimum absolute atomic E-state index is 0.0821. The van der Waals surface area contributed by atoms with Gasteiger partial charge in [0.1, 0.15) is 0 Å². The number of carbonyl (C=O) groups excluding carboxylic acids is 1. The van der Waals surface area contributed by atoms with E-state index in [0.29, 0.717) is 22.5 Å². The lowest BCUT2D eigenvalue weighted by molar-refractivity contribution is 0.0559. The number of halogens is 1. The largest absolute Gasteiger partial charge is 0.390 e. The van der Waals surface area contributed by atoms with Crippen LogP contribution in [0.4, 0.5) is 10.5 Å². The number of hydrogen-bond acceptors (Lipinski definition) is 2. The van der Waals surface area contributed by atoms with Crippen LogP contribution >= 0.6 is 11.6 Å². The van der Waals surface area contributed by atoms with Crippen molar-refractivity contribution >= 4 is 23.3 Å². The van der Waals surface area contributed by atoms with Crippen molar-refractivity contribution in [2.45, 2.75) is 25.4 Å². The van der Waals surface area contributed by atoms with Crippen molar-refractivity contribution in [3.05, 3.63) is 29.3 Å². The fraction of sp³-hybridized carbons (Fsp3) is 0.533. The molecule has 1 aliphatic heterocycles. The van der Waals surface area contributed by atoms with Gasteiger partial charge in [-0.1, -0.05) is 17.7 Å². The highest BCUT2D eigenvalue weighted by atomic mass is 35.5. The van der Waals surface area contributed by atoms with Gasteiger partial charge in [0, 0.05) is 23.8 Å². The Labute approximate surface area is 123 Å². The van der Waals surface area contributed by atoms with Crippen LogP contribution in [0.3, 0.4) is 0 Å². The first-order valence-electron chi connectivity index (χ1n) is 6.97. The van der Waals surface area contributed by atoms with Gasteiger partial charge < -0.3 is 15.3 Å². The topological polar surface area (TPSA) is 52.6 Å². The highest BCUT2D eigenvalue weighted by Gasteiger charge is 2.46. The van der Waals surface area contributed by atoms with Gasteiger partial charge >= 0.3 is 6.03 Å². The van der Waals surface area contributed by atoms with Crippen molar-refractivity contribution in [1.29, 1.82) is 0 Å². The van der Waals surface area contributed by atoms with Gasteiger partial charge in [-0.25, -0.2) is 4.79 Å². The Balaban J connectivity index is 1.61. The number of nitrogens with zero attached hydrogens (tertiary/aromatic N) is 1. The number of carbonyl (C=O) groups is 1. The van der Waals surface area contributed by atoms with E-state index in [9.17, 15) is 9.90 Å². The van der Waals surface area contributed by atoms with E-state index in [2.05, 4.69) is 5.32 Å². The molecule has 0 radical (unpaired) electrons. The molecule has 0 bridgehead atoms. The van der Waals surface area contributed by atoms with Gasteiger partial charge in [0.25, 0.3) is 0 Å². The summed E-state index contributed by atoms with van der Waals surface area (Å²) in [5.41, 5.74) is 0.164. The molecule has 20 heavy (non-hydrogen) atoms. The van der Waals surface area contributed by atoms with Gasteiger partial charge in [-0.2, -0.15) is 0 Å². The van der Waals surface area contributed by atoms with E-state index in [-0.39, 0.29) is 6.03 Å².